The summed E-state index contributed by atoms with van der Waals surface area (Å²) in [5.74, 6) is 0.283. The van der Waals surface area contributed by atoms with E-state index < -0.39 is 0 Å². The molecular formula is C10H15NO2. The molecule has 3 heteroatoms. The molecule has 2 N–H and O–H groups in total. The minimum atomic E-state index is 0.0146. The van der Waals surface area contributed by atoms with Crippen LogP contribution < -0.4 is 0 Å². The van der Waals surface area contributed by atoms with E-state index in [0.717, 1.165) is 11.1 Å². The van der Waals surface area contributed by atoms with E-state index >= 15 is 0 Å². The number of nitrogens with zero attached hydrogens (tertiary/aromatic N) is 1. The van der Waals surface area contributed by atoms with Gasteiger partial charge in [0.05, 0.1) is 6.61 Å². The van der Waals surface area contributed by atoms with E-state index in [1.165, 1.54) is 0 Å². The third-order valence-corrected chi connectivity index (χ3v) is 1.81. The molecule has 1 aromatic carbocycles. The Morgan fingerprint density at radius 2 is 2.00 bits per heavy atom. The van der Waals surface area contributed by atoms with Crippen LogP contribution in [0.4, 0.5) is 0 Å². The maximum absolute atomic E-state index is 9.47. The number of aromatic hydroxyl groups is 1. The van der Waals surface area contributed by atoms with Crippen LogP contribution in [0.15, 0.2) is 18.2 Å². The molecular weight excluding hydrogens is 166 g/mol. The predicted octanol–water partition coefficient (Wildman–Crippen LogP) is 0.946. The van der Waals surface area contributed by atoms with Gasteiger partial charge in [0.25, 0.3) is 0 Å². The lowest BCUT2D eigenvalue weighted by molar-refractivity contribution is 0.281. The Morgan fingerprint density at radius 1 is 1.31 bits per heavy atom. The van der Waals surface area contributed by atoms with E-state index in [1.54, 1.807) is 12.1 Å². The van der Waals surface area contributed by atoms with Crippen molar-refractivity contribution in [2.45, 2.75) is 13.2 Å². The maximum Gasteiger partial charge on any atom is 0.120 e. The van der Waals surface area contributed by atoms with Crippen molar-refractivity contribution in [3.63, 3.8) is 0 Å². The zero-order valence-corrected chi connectivity index (χ0v) is 7.99. The standard InChI is InChI=1S/C10H15NO2/c1-11(2)6-9-5-8(7-12)3-4-10(9)13/h3-5,12-13H,6-7H2,1-2H3. The average Bonchev–Trinajstić information content (AvgIpc) is 2.08. The summed E-state index contributed by atoms with van der Waals surface area (Å²) >= 11 is 0. The molecule has 3 nitrogen and oxygen atoms in total. The van der Waals surface area contributed by atoms with Crippen LogP contribution in [0.2, 0.25) is 0 Å². The SMILES string of the molecule is CN(C)Cc1cc(CO)ccc1O. The first-order chi connectivity index (χ1) is 6.13. The van der Waals surface area contributed by atoms with Crippen LogP contribution in [0.5, 0.6) is 5.75 Å². The Kier molecular flexibility index (Phi) is 3.28. The van der Waals surface area contributed by atoms with Gasteiger partial charge in [0, 0.05) is 12.1 Å². The lowest BCUT2D eigenvalue weighted by Crippen LogP contribution is -2.10. The Balaban J connectivity index is 2.90. The summed E-state index contributed by atoms with van der Waals surface area (Å²) in [5.41, 5.74) is 1.67. The molecule has 0 amide bonds. The smallest absolute Gasteiger partial charge is 0.120 e. The van der Waals surface area contributed by atoms with Crippen molar-refractivity contribution in [3.8, 4) is 5.75 Å². The summed E-state index contributed by atoms with van der Waals surface area (Å²) in [7, 11) is 3.87. The summed E-state index contributed by atoms with van der Waals surface area (Å²) in [6.07, 6.45) is 0. The molecule has 0 unspecified atom stereocenters. The van der Waals surface area contributed by atoms with Crippen LogP contribution in [-0.2, 0) is 13.2 Å². The van der Waals surface area contributed by atoms with Gasteiger partial charge in [-0.3, -0.25) is 0 Å². The number of benzene rings is 1. The number of phenolic OH excluding ortho intramolecular Hbond substituents is 1. The highest BCUT2D eigenvalue weighted by Gasteiger charge is 2.03. The number of aliphatic hydroxyl groups excluding tert-OH is 1. The van der Waals surface area contributed by atoms with Gasteiger partial charge < -0.3 is 15.1 Å². The Labute approximate surface area is 78.2 Å². The lowest BCUT2D eigenvalue weighted by Gasteiger charge is -2.11. The fourth-order valence-electron chi connectivity index (χ4n) is 1.20. The second-order valence-electron chi connectivity index (χ2n) is 3.36. The second kappa shape index (κ2) is 4.25. The molecule has 0 fully saturated rings. The van der Waals surface area contributed by atoms with Gasteiger partial charge in [-0.05, 0) is 31.8 Å². The van der Waals surface area contributed by atoms with Crippen molar-refractivity contribution in [1.82, 2.24) is 4.90 Å². The van der Waals surface area contributed by atoms with Crippen LogP contribution in [0.25, 0.3) is 0 Å². The molecule has 0 saturated heterocycles. The maximum atomic E-state index is 9.47. The normalized spacial score (nSPS) is 10.8. The minimum absolute atomic E-state index is 0.0146. The van der Waals surface area contributed by atoms with Crippen molar-refractivity contribution in [3.05, 3.63) is 29.3 Å². The van der Waals surface area contributed by atoms with Crippen LogP contribution in [-0.4, -0.2) is 29.2 Å². The van der Waals surface area contributed by atoms with E-state index in [-0.39, 0.29) is 12.4 Å². The van der Waals surface area contributed by atoms with E-state index in [0.29, 0.717) is 6.54 Å². The highest BCUT2D eigenvalue weighted by Crippen LogP contribution is 2.19. The van der Waals surface area contributed by atoms with E-state index in [1.807, 2.05) is 25.1 Å². The molecule has 0 aliphatic carbocycles. The molecule has 0 spiro atoms. The average molecular weight is 181 g/mol. The zero-order valence-electron chi connectivity index (χ0n) is 7.99. The highest BCUT2D eigenvalue weighted by atomic mass is 16.3. The fourth-order valence-corrected chi connectivity index (χ4v) is 1.20. The summed E-state index contributed by atoms with van der Waals surface area (Å²) in [6, 6.07) is 5.15. The molecule has 13 heavy (non-hydrogen) atoms. The third-order valence-electron chi connectivity index (χ3n) is 1.81. The van der Waals surface area contributed by atoms with Crippen LogP contribution in [0.1, 0.15) is 11.1 Å². The molecule has 1 aromatic rings. The molecule has 72 valence electrons. The van der Waals surface area contributed by atoms with Crippen molar-refractivity contribution < 1.29 is 10.2 Å². The first-order valence-corrected chi connectivity index (χ1v) is 4.20. The summed E-state index contributed by atoms with van der Waals surface area (Å²) in [4.78, 5) is 1.97. The first kappa shape index (κ1) is 10.0. The van der Waals surface area contributed by atoms with Gasteiger partial charge in [-0.1, -0.05) is 6.07 Å². The van der Waals surface area contributed by atoms with Gasteiger partial charge in [-0.25, -0.2) is 0 Å². The molecule has 0 atom stereocenters. The van der Waals surface area contributed by atoms with Crippen molar-refractivity contribution >= 4 is 0 Å². The quantitative estimate of drug-likeness (QED) is 0.729. The van der Waals surface area contributed by atoms with Crippen molar-refractivity contribution in [2.75, 3.05) is 14.1 Å². The predicted molar refractivity (Wildman–Crippen MR) is 51.4 cm³/mol. The molecule has 0 aromatic heterocycles. The Hall–Kier alpha value is -1.06. The molecule has 0 saturated carbocycles. The van der Waals surface area contributed by atoms with Crippen molar-refractivity contribution in [2.24, 2.45) is 0 Å². The number of phenols is 1. The highest BCUT2D eigenvalue weighted by molar-refractivity contribution is 5.35. The Morgan fingerprint density at radius 3 is 2.54 bits per heavy atom. The summed E-state index contributed by atoms with van der Waals surface area (Å²) < 4.78 is 0. The molecule has 1 rings (SSSR count). The third kappa shape index (κ3) is 2.72. The molecule has 0 heterocycles. The zero-order chi connectivity index (χ0) is 9.84. The molecule has 0 bridgehead atoms. The molecule has 0 radical (unpaired) electrons. The monoisotopic (exact) mass is 181 g/mol. The summed E-state index contributed by atoms with van der Waals surface area (Å²) in [5, 5.41) is 18.4. The van der Waals surface area contributed by atoms with Gasteiger partial charge in [0.1, 0.15) is 5.75 Å². The van der Waals surface area contributed by atoms with Gasteiger partial charge in [-0.2, -0.15) is 0 Å². The fraction of sp³-hybridized carbons (Fsp3) is 0.400. The Bertz CT molecular complexity index is 284. The van der Waals surface area contributed by atoms with E-state index in [9.17, 15) is 5.11 Å². The molecule has 0 aliphatic heterocycles. The van der Waals surface area contributed by atoms with E-state index in [4.69, 9.17) is 5.11 Å². The number of rotatable bonds is 3. The molecule has 0 aliphatic rings. The number of hydrogen-bond acceptors (Lipinski definition) is 3. The lowest BCUT2D eigenvalue weighted by atomic mass is 10.1. The van der Waals surface area contributed by atoms with Crippen LogP contribution in [0.3, 0.4) is 0 Å². The van der Waals surface area contributed by atoms with Gasteiger partial charge in [0.15, 0.2) is 0 Å². The van der Waals surface area contributed by atoms with E-state index in [2.05, 4.69) is 0 Å². The van der Waals surface area contributed by atoms with Crippen LogP contribution in [0, 0.1) is 0 Å². The van der Waals surface area contributed by atoms with Gasteiger partial charge in [-0.15, -0.1) is 0 Å². The number of hydrogen-bond donors (Lipinski definition) is 2. The van der Waals surface area contributed by atoms with Crippen molar-refractivity contribution in [1.29, 1.82) is 0 Å². The van der Waals surface area contributed by atoms with Gasteiger partial charge >= 0.3 is 0 Å². The summed E-state index contributed by atoms with van der Waals surface area (Å²) in [6.45, 7) is 0.695. The number of aliphatic hydroxyl groups is 1. The first-order valence-electron chi connectivity index (χ1n) is 4.20. The topological polar surface area (TPSA) is 43.7 Å². The van der Waals surface area contributed by atoms with Gasteiger partial charge in [0.2, 0.25) is 0 Å². The second-order valence-corrected chi connectivity index (χ2v) is 3.36. The largest absolute Gasteiger partial charge is 0.508 e. The van der Waals surface area contributed by atoms with Crippen LogP contribution >= 0.6 is 0 Å². The minimum Gasteiger partial charge on any atom is -0.508 e.